The fraction of sp³-hybridized carbons (Fsp3) is 0.0167. The molecule has 0 radical (unpaired) electrons. The van der Waals surface area contributed by atoms with Gasteiger partial charge in [-0.25, -0.2) is 4.98 Å². The van der Waals surface area contributed by atoms with Crippen molar-refractivity contribution in [2.45, 2.75) is 5.41 Å². The van der Waals surface area contributed by atoms with E-state index in [0.717, 1.165) is 72.0 Å². The largest absolute Gasteiger partial charge is 0.454 e. The van der Waals surface area contributed by atoms with Gasteiger partial charge in [-0.2, -0.15) is 0 Å². The Morgan fingerprint density at radius 2 is 1.00 bits per heavy atom. The highest BCUT2D eigenvalue weighted by atomic mass is 16.3. The van der Waals surface area contributed by atoms with Crippen LogP contribution >= 0.6 is 0 Å². The summed E-state index contributed by atoms with van der Waals surface area (Å²) in [6.07, 6.45) is 0. The summed E-state index contributed by atoms with van der Waals surface area (Å²) in [7, 11) is 0. The summed E-state index contributed by atoms with van der Waals surface area (Å²) in [5.41, 5.74) is 16.4. The van der Waals surface area contributed by atoms with Crippen molar-refractivity contribution in [2.75, 3.05) is 4.90 Å². The van der Waals surface area contributed by atoms with Gasteiger partial charge in [0.2, 0.25) is 5.89 Å². The molecule has 0 amide bonds. The number of oxazole rings is 1. The highest BCUT2D eigenvalue weighted by molar-refractivity contribution is 6.22. The fourth-order valence-electron chi connectivity index (χ4n) is 10.4. The highest BCUT2D eigenvalue weighted by Gasteiger charge is 2.45. The van der Waals surface area contributed by atoms with Crippen LogP contribution in [0.5, 0.6) is 0 Å². The minimum absolute atomic E-state index is 0.503. The first-order chi connectivity index (χ1) is 31.7. The molecule has 0 aliphatic heterocycles. The van der Waals surface area contributed by atoms with Crippen molar-refractivity contribution in [3.8, 4) is 33.7 Å². The van der Waals surface area contributed by atoms with Gasteiger partial charge in [0.1, 0.15) is 11.1 Å². The van der Waals surface area contributed by atoms with E-state index in [-0.39, 0.29) is 0 Å². The second-order valence-corrected chi connectivity index (χ2v) is 16.6. The standard InChI is InChI=1S/C60H38N2O2/c1-3-16-39(17-4-1)40-30-34-44(35-31-40)62(45-36-32-43(33-37-45)60(42-19-5-2-6-20-42)50-25-11-9-22-47(50)48-23-10-12-26-51(48)60)53-28-15-24-49-56-55(63-58(49)53)38-41-18-7-8-21-46(41)57(56)59-61-52-27-13-14-29-54(52)64-59/h1-38H. The van der Waals surface area contributed by atoms with Gasteiger partial charge >= 0.3 is 0 Å². The van der Waals surface area contributed by atoms with Crippen LogP contribution in [0.4, 0.5) is 17.1 Å². The Hall–Kier alpha value is -8.47. The second kappa shape index (κ2) is 14.3. The molecule has 1 aliphatic rings. The molecule has 4 nitrogen and oxygen atoms in total. The zero-order chi connectivity index (χ0) is 42.2. The van der Waals surface area contributed by atoms with E-state index in [0.29, 0.717) is 5.89 Å². The van der Waals surface area contributed by atoms with Crippen molar-refractivity contribution in [3.05, 3.63) is 253 Å². The number of anilines is 3. The third-order valence-electron chi connectivity index (χ3n) is 13.2. The zero-order valence-electron chi connectivity index (χ0n) is 34.7. The predicted octanol–water partition coefficient (Wildman–Crippen LogP) is 16.0. The number of rotatable bonds is 7. The molecule has 300 valence electrons. The van der Waals surface area contributed by atoms with Crippen LogP contribution in [0.2, 0.25) is 0 Å². The number of hydrogen-bond donors (Lipinski definition) is 0. The maximum atomic E-state index is 7.09. The third-order valence-corrected chi connectivity index (χ3v) is 13.2. The number of fused-ring (bicyclic) bond motifs is 8. The first-order valence-corrected chi connectivity index (χ1v) is 21.8. The van der Waals surface area contributed by atoms with Crippen molar-refractivity contribution < 1.29 is 8.83 Å². The van der Waals surface area contributed by atoms with E-state index in [2.05, 4.69) is 211 Å². The average molecular weight is 819 g/mol. The van der Waals surface area contributed by atoms with Crippen LogP contribution in [0.25, 0.3) is 77.5 Å². The van der Waals surface area contributed by atoms with Crippen LogP contribution in [-0.4, -0.2) is 4.98 Å². The minimum atomic E-state index is -0.503. The first kappa shape index (κ1) is 36.2. The van der Waals surface area contributed by atoms with Gasteiger partial charge in [-0.15, -0.1) is 0 Å². The average Bonchev–Trinajstić information content (AvgIpc) is 4.06. The number of para-hydroxylation sites is 3. The molecule has 1 aliphatic carbocycles. The molecule has 0 saturated heterocycles. The Balaban J connectivity index is 1.04. The normalized spacial score (nSPS) is 12.8. The van der Waals surface area contributed by atoms with Gasteiger partial charge in [0.25, 0.3) is 0 Å². The fourth-order valence-corrected chi connectivity index (χ4v) is 10.4. The molecule has 2 heterocycles. The maximum Gasteiger partial charge on any atom is 0.228 e. The van der Waals surface area contributed by atoms with E-state index in [9.17, 15) is 0 Å². The molecule has 10 aromatic carbocycles. The van der Waals surface area contributed by atoms with Gasteiger partial charge in [0.05, 0.1) is 16.7 Å². The van der Waals surface area contributed by atoms with E-state index in [1.165, 1.54) is 38.9 Å². The molecular formula is C60H38N2O2. The van der Waals surface area contributed by atoms with Crippen LogP contribution in [0.15, 0.2) is 239 Å². The van der Waals surface area contributed by atoms with Crippen molar-refractivity contribution in [1.82, 2.24) is 4.98 Å². The Kier molecular flexibility index (Phi) is 8.09. The summed E-state index contributed by atoms with van der Waals surface area (Å²) in [5.74, 6) is 0.572. The van der Waals surface area contributed by atoms with Gasteiger partial charge in [-0.05, 0) is 104 Å². The van der Waals surface area contributed by atoms with Crippen molar-refractivity contribution in [3.63, 3.8) is 0 Å². The molecule has 0 N–H and O–H groups in total. The lowest BCUT2D eigenvalue weighted by atomic mass is 9.68. The lowest BCUT2D eigenvalue weighted by Crippen LogP contribution is -2.28. The Morgan fingerprint density at radius 3 is 1.73 bits per heavy atom. The highest BCUT2D eigenvalue weighted by Crippen LogP contribution is 2.56. The second-order valence-electron chi connectivity index (χ2n) is 16.6. The number of nitrogens with zero attached hydrogens (tertiary/aromatic N) is 2. The van der Waals surface area contributed by atoms with Crippen molar-refractivity contribution in [1.29, 1.82) is 0 Å². The van der Waals surface area contributed by atoms with Gasteiger partial charge in [0, 0.05) is 22.1 Å². The molecule has 12 aromatic rings. The Morgan fingerprint density at radius 1 is 0.422 bits per heavy atom. The van der Waals surface area contributed by atoms with Crippen LogP contribution < -0.4 is 4.90 Å². The topological polar surface area (TPSA) is 42.4 Å². The summed E-state index contributed by atoms with van der Waals surface area (Å²) >= 11 is 0. The molecule has 0 saturated carbocycles. The van der Waals surface area contributed by atoms with Crippen LogP contribution in [0.1, 0.15) is 22.3 Å². The van der Waals surface area contributed by atoms with E-state index in [4.69, 9.17) is 13.8 Å². The van der Waals surface area contributed by atoms with E-state index in [1.54, 1.807) is 0 Å². The van der Waals surface area contributed by atoms with E-state index < -0.39 is 5.41 Å². The molecule has 2 aromatic heterocycles. The zero-order valence-corrected chi connectivity index (χ0v) is 34.7. The van der Waals surface area contributed by atoms with Gasteiger partial charge in [-0.3, -0.25) is 0 Å². The molecule has 0 atom stereocenters. The van der Waals surface area contributed by atoms with Crippen molar-refractivity contribution in [2.24, 2.45) is 0 Å². The van der Waals surface area contributed by atoms with Crippen LogP contribution in [0, 0.1) is 0 Å². The number of aromatic nitrogens is 1. The number of furan rings is 1. The molecule has 0 unspecified atom stereocenters. The number of hydrogen-bond acceptors (Lipinski definition) is 4. The van der Waals surface area contributed by atoms with Gasteiger partial charge in [-0.1, -0.05) is 182 Å². The molecule has 0 fully saturated rings. The SMILES string of the molecule is c1ccc(-c2ccc(N(c3ccc(C4(c5ccccc5)c5ccccc5-c5ccccc54)cc3)c3cccc4c3oc3cc5ccccc5c(-c5nc6ccccc6o5)c34)cc2)cc1. The molecule has 4 heteroatoms. The quantitative estimate of drug-likeness (QED) is 0.161. The summed E-state index contributed by atoms with van der Waals surface area (Å²) in [4.78, 5) is 7.36. The molecule has 64 heavy (non-hydrogen) atoms. The molecular weight excluding hydrogens is 781 g/mol. The lowest BCUT2D eigenvalue weighted by molar-refractivity contribution is 0.621. The Labute approximate surface area is 369 Å². The summed E-state index contributed by atoms with van der Waals surface area (Å²) in [6.45, 7) is 0. The van der Waals surface area contributed by atoms with Crippen LogP contribution in [-0.2, 0) is 5.41 Å². The predicted molar refractivity (Wildman–Crippen MR) is 262 cm³/mol. The van der Waals surface area contributed by atoms with Crippen LogP contribution in [0.3, 0.4) is 0 Å². The van der Waals surface area contributed by atoms with E-state index >= 15 is 0 Å². The third kappa shape index (κ3) is 5.39. The summed E-state index contributed by atoms with van der Waals surface area (Å²) < 4.78 is 13.6. The minimum Gasteiger partial charge on any atom is -0.454 e. The molecule has 0 spiro atoms. The smallest absolute Gasteiger partial charge is 0.228 e. The first-order valence-electron chi connectivity index (χ1n) is 21.8. The number of benzene rings is 10. The van der Waals surface area contributed by atoms with E-state index in [1.807, 2.05) is 24.3 Å². The van der Waals surface area contributed by atoms with Crippen molar-refractivity contribution >= 4 is 60.9 Å². The van der Waals surface area contributed by atoms with Gasteiger partial charge in [0.15, 0.2) is 11.2 Å². The molecule has 13 rings (SSSR count). The monoisotopic (exact) mass is 818 g/mol. The summed E-state index contributed by atoms with van der Waals surface area (Å²) in [6, 6.07) is 82.2. The lowest BCUT2D eigenvalue weighted by Gasteiger charge is -2.34. The van der Waals surface area contributed by atoms with Gasteiger partial charge < -0.3 is 13.7 Å². The summed E-state index contributed by atoms with van der Waals surface area (Å²) in [5, 5.41) is 4.07. The Bertz CT molecular complexity index is 3640. The molecule has 0 bridgehead atoms. The maximum absolute atomic E-state index is 7.09.